The molecule has 15 heavy (non-hydrogen) atoms. The second kappa shape index (κ2) is 6.38. The average molecular weight is 221 g/mol. The van der Waals surface area contributed by atoms with Crippen LogP contribution in [0.1, 0.15) is 32.1 Å². The molecule has 1 aliphatic carbocycles. The molecule has 1 saturated carbocycles. The van der Waals surface area contributed by atoms with Gasteiger partial charge in [-0.2, -0.15) is 0 Å². The molecule has 1 N–H and O–H groups in total. The molecule has 1 atom stereocenters. The van der Waals surface area contributed by atoms with Gasteiger partial charge in [0.05, 0.1) is 12.6 Å². The van der Waals surface area contributed by atoms with Crippen LogP contribution in [0.4, 0.5) is 8.78 Å². The molecule has 0 spiro atoms. The van der Waals surface area contributed by atoms with Crippen LogP contribution in [-0.4, -0.2) is 42.7 Å². The zero-order valence-corrected chi connectivity index (χ0v) is 9.33. The molecule has 0 amide bonds. The first kappa shape index (κ1) is 12.8. The van der Waals surface area contributed by atoms with Crippen molar-refractivity contribution in [2.75, 3.05) is 20.1 Å². The summed E-state index contributed by atoms with van der Waals surface area (Å²) in [4.78, 5) is 1.52. The van der Waals surface area contributed by atoms with Crippen molar-refractivity contribution in [3.05, 3.63) is 0 Å². The maximum atomic E-state index is 12.1. The third-order valence-corrected chi connectivity index (χ3v) is 3.14. The Balaban J connectivity index is 2.23. The molecule has 90 valence electrons. The van der Waals surface area contributed by atoms with Gasteiger partial charge in [-0.25, -0.2) is 8.78 Å². The van der Waals surface area contributed by atoms with Gasteiger partial charge < -0.3 is 5.11 Å². The number of likely N-dealkylation sites (N-methyl/N-ethyl adjacent to an activating group) is 1. The number of aliphatic hydroxyl groups is 1. The van der Waals surface area contributed by atoms with E-state index in [0.29, 0.717) is 12.5 Å². The number of nitrogens with zero attached hydrogens (tertiary/aromatic N) is 1. The highest BCUT2D eigenvalue weighted by Gasteiger charge is 2.23. The number of hydrogen-bond acceptors (Lipinski definition) is 2. The lowest BCUT2D eigenvalue weighted by atomic mass is 9.85. The maximum absolute atomic E-state index is 12.1. The van der Waals surface area contributed by atoms with E-state index in [1.165, 1.54) is 24.2 Å². The quantitative estimate of drug-likeness (QED) is 0.768. The Hall–Kier alpha value is -0.220. The normalized spacial score (nSPS) is 21.2. The van der Waals surface area contributed by atoms with Crippen molar-refractivity contribution in [2.24, 2.45) is 5.92 Å². The Morgan fingerprint density at radius 2 is 1.80 bits per heavy atom. The van der Waals surface area contributed by atoms with Gasteiger partial charge in [-0.05, 0) is 25.8 Å². The fourth-order valence-electron chi connectivity index (χ4n) is 2.30. The second-order valence-corrected chi connectivity index (χ2v) is 4.58. The van der Waals surface area contributed by atoms with E-state index in [4.69, 9.17) is 0 Å². The molecule has 4 heteroatoms. The summed E-state index contributed by atoms with van der Waals surface area (Å²) in [6.45, 7) is 0.124. The molecule has 2 nitrogen and oxygen atoms in total. The van der Waals surface area contributed by atoms with Crippen molar-refractivity contribution in [3.8, 4) is 0 Å². The van der Waals surface area contributed by atoms with Crippen LogP contribution < -0.4 is 0 Å². The van der Waals surface area contributed by atoms with Gasteiger partial charge in [0.15, 0.2) is 0 Å². The van der Waals surface area contributed by atoms with Crippen LogP contribution in [0.15, 0.2) is 0 Å². The van der Waals surface area contributed by atoms with E-state index in [0.717, 1.165) is 12.8 Å². The largest absolute Gasteiger partial charge is 0.392 e. The third-order valence-electron chi connectivity index (χ3n) is 3.14. The molecule has 0 aliphatic heterocycles. The van der Waals surface area contributed by atoms with Crippen LogP contribution in [-0.2, 0) is 0 Å². The summed E-state index contributed by atoms with van der Waals surface area (Å²) in [5.41, 5.74) is 0. The summed E-state index contributed by atoms with van der Waals surface area (Å²) in [5, 5.41) is 9.87. The summed E-state index contributed by atoms with van der Waals surface area (Å²) in [5.74, 6) is 0.318. The van der Waals surface area contributed by atoms with Crippen molar-refractivity contribution in [3.63, 3.8) is 0 Å². The molecule has 1 rings (SSSR count). The Morgan fingerprint density at radius 3 is 2.33 bits per heavy atom. The van der Waals surface area contributed by atoms with Crippen LogP contribution in [0.25, 0.3) is 0 Å². The standard InChI is InChI=1S/C11H21F2NO/c1-14(8-11(12)13)7-10(15)9-5-3-2-4-6-9/h9-11,15H,2-8H2,1H3. The smallest absolute Gasteiger partial charge is 0.251 e. The van der Waals surface area contributed by atoms with E-state index in [1.807, 2.05) is 0 Å². The molecule has 1 fully saturated rings. The first-order valence-electron chi connectivity index (χ1n) is 5.74. The van der Waals surface area contributed by atoms with Crippen molar-refractivity contribution >= 4 is 0 Å². The topological polar surface area (TPSA) is 23.5 Å². The zero-order valence-electron chi connectivity index (χ0n) is 9.33. The van der Waals surface area contributed by atoms with Crippen LogP contribution in [0.2, 0.25) is 0 Å². The molecule has 0 aromatic rings. The molecule has 0 bridgehead atoms. The highest BCUT2D eigenvalue weighted by atomic mass is 19.3. The fourth-order valence-corrected chi connectivity index (χ4v) is 2.30. The summed E-state index contributed by atoms with van der Waals surface area (Å²) in [6, 6.07) is 0. The van der Waals surface area contributed by atoms with Gasteiger partial charge in [-0.1, -0.05) is 19.3 Å². The van der Waals surface area contributed by atoms with Crippen molar-refractivity contribution in [1.82, 2.24) is 4.90 Å². The molecular weight excluding hydrogens is 200 g/mol. The summed E-state index contributed by atoms with van der Waals surface area (Å²) < 4.78 is 24.1. The van der Waals surface area contributed by atoms with Gasteiger partial charge in [-0.3, -0.25) is 4.90 Å². The SMILES string of the molecule is CN(CC(F)F)CC(O)C1CCCCC1. The van der Waals surface area contributed by atoms with Gasteiger partial charge in [0.1, 0.15) is 0 Å². The Labute approximate surface area is 90.3 Å². The van der Waals surface area contributed by atoms with Crippen molar-refractivity contribution in [1.29, 1.82) is 0 Å². The summed E-state index contributed by atoms with van der Waals surface area (Å²) in [7, 11) is 1.64. The Morgan fingerprint density at radius 1 is 1.20 bits per heavy atom. The number of aliphatic hydroxyl groups excluding tert-OH is 1. The lowest BCUT2D eigenvalue weighted by molar-refractivity contribution is 0.0326. The van der Waals surface area contributed by atoms with Gasteiger partial charge in [0.2, 0.25) is 0 Å². The van der Waals surface area contributed by atoms with E-state index >= 15 is 0 Å². The molecule has 0 saturated heterocycles. The van der Waals surface area contributed by atoms with E-state index in [2.05, 4.69) is 0 Å². The van der Waals surface area contributed by atoms with Gasteiger partial charge in [0, 0.05) is 6.54 Å². The molecule has 0 aromatic carbocycles. The van der Waals surface area contributed by atoms with Crippen LogP contribution in [0.5, 0.6) is 0 Å². The first-order chi connectivity index (χ1) is 7.09. The zero-order chi connectivity index (χ0) is 11.3. The van der Waals surface area contributed by atoms with Crippen molar-refractivity contribution < 1.29 is 13.9 Å². The Bertz CT molecular complexity index is 172. The minimum atomic E-state index is -2.31. The first-order valence-corrected chi connectivity index (χ1v) is 5.74. The molecule has 1 unspecified atom stereocenters. The number of alkyl halides is 2. The summed E-state index contributed by atoms with van der Waals surface area (Å²) >= 11 is 0. The predicted octanol–water partition coefficient (Wildman–Crippen LogP) is 2.12. The number of halogens is 2. The van der Waals surface area contributed by atoms with E-state index in [1.54, 1.807) is 7.05 Å². The molecule has 1 aliphatic rings. The van der Waals surface area contributed by atoms with Crippen molar-refractivity contribution in [2.45, 2.75) is 44.6 Å². The van der Waals surface area contributed by atoms with E-state index < -0.39 is 12.5 Å². The third kappa shape index (κ3) is 4.89. The average Bonchev–Trinajstić information content (AvgIpc) is 2.17. The number of hydrogen-bond donors (Lipinski definition) is 1. The molecule has 0 heterocycles. The summed E-state index contributed by atoms with van der Waals surface area (Å²) in [6.07, 6.45) is 2.92. The van der Waals surface area contributed by atoms with E-state index in [9.17, 15) is 13.9 Å². The minimum Gasteiger partial charge on any atom is -0.392 e. The molecule has 0 aromatic heterocycles. The monoisotopic (exact) mass is 221 g/mol. The lowest BCUT2D eigenvalue weighted by Gasteiger charge is -2.29. The second-order valence-electron chi connectivity index (χ2n) is 4.58. The highest BCUT2D eigenvalue weighted by Crippen LogP contribution is 2.26. The van der Waals surface area contributed by atoms with Gasteiger partial charge in [0.25, 0.3) is 6.43 Å². The molecule has 0 radical (unpaired) electrons. The van der Waals surface area contributed by atoms with Crippen LogP contribution in [0, 0.1) is 5.92 Å². The van der Waals surface area contributed by atoms with E-state index in [-0.39, 0.29) is 6.54 Å². The number of rotatable bonds is 5. The lowest BCUT2D eigenvalue weighted by Crippen LogP contribution is -2.37. The minimum absolute atomic E-state index is 0.246. The Kier molecular flexibility index (Phi) is 5.47. The van der Waals surface area contributed by atoms with Gasteiger partial charge in [-0.15, -0.1) is 0 Å². The molecular formula is C11H21F2NO. The van der Waals surface area contributed by atoms with Gasteiger partial charge >= 0.3 is 0 Å². The highest BCUT2D eigenvalue weighted by molar-refractivity contribution is 4.75. The van der Waals surface area contributed by atoms with Crippen LogP contribution in [0.3, 0.4) is 0 Å². The fraction of sp³-hybridized carbons (Fsp3) is 1.00. The van der Waals surface area contributed by atoms with Crippen LogP contribution >= 0.6 is 0 Å². The predicted molar refractivity (Wildman–Crippen MR) is 56.1 cm³/mol. The maximum Gasteiger partial charge on any atom is 0.251 e.